The van der Waals surface area contributed by atoms with Crippen LogP contribution in [0, 0.1) is 17.8 Å². The first-order valence-electron chi connectivity index (χ1n) is 13.1. The van der Waals surface area contributed by atoms with Crippen LogP contribution in [0.4, 0.5) is 5.69 Å². The van der Waals surface area contributed by atoms with Crippen LogP contribution in [-0.4, -0.2) is 72.0 Å². The molecular weight excluding hydrogens is 430 g/mol. The molecule has 0 spiro atoms. The standard InChI is InChI=1S/C27H35N3O4/c1-2-34-26(33)21-3-5-22(6-4-21)30-24(31)14-23(25(30)32)28-7-9-29(10-8-28)27-15-18-11-19(16-27)13-20(12-18)17-27/h3-6,18-20,23H,2,7-17H2,1H3/t18?,19?,20?,23-,27?/m1/s1. The van der Waals surface area contributed by atoms with E-state index < -0.39 is 5.97 Å². The number of benzene rings is 1. The summed E-state index contributed by atoms with van der Waals surface area (Å²) >= 11 is 0. The molecule has 4 aliphatic carbocycles. The molecule has 2 heterocycles. The summed E-state index contributed by atoms with van der Waals surface area (Å²) in [6, 6.07) is 6.18. The zero-order valence-corrected chi connectivity index (χ0v) is 20.1. The van der Waals surface area contributed by atoms with E-state index in [1.165, 1.54) is 43.4 Å². The monoisotopic (exact) mass is 465 g/mol. The van der Waals surface area contributed by atoms with E-state index in [1.807, 2.05) is 0 Å². The van der Waals surface area contributed by atoms with E-state index in [9.17, 15) is 14.4 Å². The zero-order valence-electron chi connectivity index (χ0n) is 20.1. The van der Waals surface area contributed by atoms with E-state index in [0.29, 0.717) is 23.4 Å². The maximum absolute atomic E-state index is 13.3. The minimum atomic E-state index is -0.400. The number of hydrogen-bond donors (Lipinski definition) is 0. The molecule has 7 heteroatoms. The summed E-state index contributed by atoms with van der Waals surface area (Å²) in [4.78, 5) is 44.3. The fraction of sp³-hybridized carbons (Fsp3) is 0.667. The SMILES string of the molecule is CCOC(=O)c1ccc(N2C(=O)C[C@@H](N3CCN(C45CC6CC(CC(C6)C4)C5)CC3)C2=O)cc1. The van der Waals surface area contributed by atoms with E-state index in [0.717, 1.165) is 43.9 Å². The van der Waals surface area contributed by atoms with Crippen molar-refractivity contribution in [3.8, 4) is 0 Å². The number of nitrogens with zero attached hydrogens (tertiary/aromatic N) is 3. The summed E-state index contributed by atoms with van der Waals surface area (Å²) in [6.07, 6.45) is 8.70. The lowest BCUT2D eigenvalue weighted by Crippen LogP contribution is -2.64. The second kappa shape index (κ2) is 8.45. The average Bonchev–Trinajstić information content (AvgIpc) is 3.12. The second-order valence-electron chi connectivity index (χ2n) is 11.2. The number of rotatable bonds is 5. The predicted molar refractivity (Wildman–Crippen MR) is 127 cm³/mol. The lowest BCUT2D eigenvalue weighted by atomic mass is 9.52. The van der Waals surface area contributed by atoms with Crippen molar-refractivity contribution in [1.82, 2.24) is 9.80 Å². The van der Waals surface area contributed by atoms with Crippen LogP contribution in [0.1, 0.15) is 62.2 Å². The van der Waals surface area contributed by atoms with Crippen LogP contribution in [0.2, 0.25) is 0 Å². The number of imide groups is 1. The Labute approximate surface area is 201 Å². The molecule has 1 atom stereocenters. The van der Waals surface area contributed by atoms with Crippen LogP contribution in [0.15, 0.2) is 24.3 Å². The molecule has 0 N–H and O–H groups in total. The van der Waals surface area contributed by atoms with E-state index in [2.05, 4.69) is 9.80 Å². The fourth-order valence-electron chi connectivity index (χ4n) is 8.09. The molecular formula is C27H35N3O4. The van der Waals surface area contributed by atoms with Gasteiger partial charge in [0.1, 0.15) is 0 Å². The molecule has 7 rings (SSSR count). The Kier molecular flexibility index (Phi) is 5.52. The Hall–Kier alpha value is -2.25. The number of amides is 2. The Morgan fingerprint density at radius 3 is 2.09 bits per heavy atom. The zero-order chi connectivity index (χ0) is 23.4. The van der Waals surface area contributed by atoms with Gasteiger partial charge in [-0.3, -0.25) is 19.4 Å². The summed E-state index contributed by atoms with van der Waals surface area (Å²) in [5, 5.41) is 0. The summed E-state index contributed by atoms with van der Waals surface area (Å²) < 4.78 is 5.02. The predicted octanol–water partition coefficient (Wildman–Crippen LogP) is 3.08. The largest absolute Gasteiger partial charge is 0.462 e. The number of esters is 1. The van der Waals surface area contributed by atoms with Gasteiger partial charge < -0.3 is 4.74 Å². The van der Waals surface area contributed by atoms with Gasteiger partial charge in [0.2, 0.25) is 5.91 Å². The third-order valence-corrected chi connectivity index (χ3v) is 9.19. The highest BCUT2D eigenvalue weighted by molar-refractivity contribution is 6.22. The lowest BCUT2D eigenvalue weighted by molar-refractivity contribution is -0.125. The maximum Gasteiger partial charge on any atom is 0.338 e. The minimum absolute atomic E-state index is 0.142. The first kappa shape index (κ1) is 22.2. The van der Waals surface area contributed by atoms with Gasteiger partial charge in [0.15, 0.2) is 0 Å². The van der Waals surface area contributed by atoms with Gasteiger partial charge in [0, 0.05) is 31.7 Å². The normalized spacial score (nSPS) is 35.9. The van der Waals surface area contributed by atoms with Crippen LogP contribution in [-0.2, 0) is 14.3 Å². The van der Waals surface area contributed by atoms with Gasteiger partial charge in [0.25, 0.3) is 5.91 Å². The third kappa shape index (κ3) is 3.68. The van der Waals surface area contributed by atoms with E-state index >= 15 is 0 Å². The quantitative estimate of drug-likeness (QED) is 0.492. The molecule has 34 heavy (non-hydrogen) atoms. The molecule has 0 radical (unpaired) electrons. The van der Waals surface area contributed by atoms with Crippen LogP contribution in [0.3, 0.4) is 0 Å². The first-order chi connectivity index (χ1) is 16.5. The number of carbonyl (C=O) groups excluding carboxylic acids is 3. The summed E-state index contributed by atoms with van der Waals surface area (Å²) in [5.74, 6) is 2.09. The molecule has 6 aliphatic rings. The Morgan fingerprint density at radius 1 is 0.941 bits per heavy atom. The van der Waals surface area contributed by atoms with Crippen LogP contribution < -0.4 is 4.90 Å². The number of carbonyl (C=O) groups is 3. The number of hydrogen-bond acceptors (Lipinski definition) is 6. The highest BCUT2D eigenvalue weighted by Gasteiger charge is 2.54. The van der Waals surface area contributed by atoms with Crippen molar-refractivity contribution in [2.75, 3.05) is 37.7 Å². The van der Waals surface area contributed by atoms with Gasteiger partial charge in [0.05, 0.1) is 30.3 Å². The van der Waals surface area contributed by atoms with Crippen molar-refractivity contribution in [3.63, 3.8) is 0 Å². The molecule has 0 aromatic heterocycles. The van der Waals surface area contributed by atoms with Crippen molar-refractivity contribution < 1.29 is 19.1 Å². The Morgan fingerprint density at radius 2 is 1.53 bits per heavy atom. The van der Waals surface area contributed by atoms with E-state index in [4.69, 9.17) is 4.74 Å². The number of piperazine rings is 1. The van der Waals surface area contributed by atoms with Gasteiger partial charge in [-0.1, -0.05) is 0 Å². The Balaban J connectivity index is 1.10. The van der Waals surface area contributed by atoms with Crippen molar-refractivity contribution in [2.24, 2.45) is 17.8 Å². The van der Waals surface area contributed by atoms with Gasteiger partial charge >= 0.3 is 5.97 Å². The molecule has 4 saturated carbocycles. The van der Waals surface area contributed by atoms with Crippen LogP contribution in [0.25, 0.3) is 0 Å². The topological polar surface area (TPSA) is 70.2 Å². The van der Waals surface area contributed by atoms with E-state index in [1.54, 1.807) is 31.2 Å². The molecule has 1 aromatic rings. The second-order valence-corrected chi connectivity index (χ2v) is 11.2. The van der Waals surface area contributed by atoms with Crippen LogP contribution >= 0.6 is 0 Å². The fourth-order valence-corrected chi connectivity index (χ4v) is 8.09. The maximum atomic E-state index is 13.3. The van der Waals surface area contributed by atoms with Gasteiger partial charge in [-0.15, -0.1) is 0 Å². The van der Waals surface area contributed by atoms with Gasteiger partial charge in [-0.05, 0) is 87.5 Å². The molecule has 6 fully saturated rings. The molecule has 2 saturated heterocycles. The molecule has 2 amide bonds. The summed E-state index contributed by atoms with van der Waals surface area (Å²) in [7, 11) is 0. The van der Waals surface area contributed by atoms with Crippen molar-refractivity contribution in [1.29, 1.82) is 0 Å². The van der Waals surface area contributed by atoms with Gasteiger partial charge in [-0.2, -0.15) is 0 Å². The van der Waals surface area contributed by atoms with Gasteiger partial charge in [-0.25, -0.2) is 9.69 Å². The molecule has 7 nitrogen and oxygen atoms in total. The van der Waals surface area contributed by atoms with Crippen molar-refractivity contribution >= 4 is 23.5 Å². The number of anilines is 1. The first-order valence-corrected chi connectivity index (χ1v) is 13.1. The van der Waals surface area contributed by atoms with Crippen LogP contribution in [0.5, 0.6) is 0 Å². The summed E-state index contributed by atoms with van der Waals surface area (Å²) in [6.45, 7) is 5.76. The molecule has 2 aliphatic heterocycles. The third-order valence-electron chi connectivity index (χ3n) is 9.19. The lowest BCUT2D eigenvalue weighted by Gasteiger charge is -2.61. The highest BCUT2D eigenvalue weighted by Crippen LogP contribution is 2.57. The van der Waals surface area contributed by atoms with Crippen molar-refractivity contribution in [3.05, 3.63) is 29.8 Å². The molecule has 182 valence electrons. The van der Waals surface area contributed by atoms with E-state index in [-0.39, 0.29) is 24.3 Å². The number of ether oxygens (including phenoxy) is 1. The van der Waals surface area contributed by atoms with Crippen molar-refractivity contribution in [2.45, 2.75) is 63.5 Å². The molecule has 4 bridgehead atoms. The minimum Gasteiger partial charge on any atom is -0.462 e. The average molecular weight is 466 g/mol. The molecule has 0 unspecified atom stereocenters. The molecule has 1 aromatic carbocycles. The highest BCUT2D eigenvalue weighted by atomic mass is 16.5. The summed E-state index contributed by atoms with van der Waals surface area (Å²) in [5.41, 5.74) is 1.35. The Bertz CT molecular complexity index is 947. The smallest absolute Gasteiger partial charge is 0.338 e.